The molecule has 2 N–H and O–H groups in total. The number of hydrogen-bond acceptors (Lipinski definition) is 3. The number of nitrogens with two attached hydrogens (primary N) is 1. The van der Waals surface area contributed by atoms with Gasteiger partial charge in [-0.15, -0.1) is 0 Å². The first-order valence-electron chi connectivity index (χ1n) is 6.53. The van der Waals surface area contributed by atoms with E-state index in [2.05, 4.69) is 0 Å². The molecule has 2 aromatic rings. The van der Waals surface area contributed by atoms with E-state index in [-0.39, 0.29) is 5.82 Å². The summed E-state index contributed by atoms with van der Waals surface area (Å²) in [5, 5.41) is 0. The van der Waals surface area contributed by atoms with Gasteiger partial charge in [-0.25, -0.2) is 4.39 Å². The van der Waals surface area contributed by atoms with Crippen molar-refractivity contribution in [2.75, 3.05) is 13.2 Å². The SMILES string of the molecule is C[C@@H](N)c1c(F)cccc1OCCOc1ccccc1. The molecule has 0 spiro atoms. The molecule has 0 aliphatic rings. The van der Waals surface area contributed by atoms with Crippen LogP contribution < -0.4 is 15.2 Å². The molecule has 106 valence electrons. The van der Waals surface area contributed by atoms with Crippen LogP contribution in [-0.4, -0.2) is 13.2 Å². The molecule has 4 heteroatoms. The minimum atomic E-state index is -0.416. The van der Waals surface area contributed by atoms with Gasteiger partial charge in [0.25, 0.3) is 0 Å². The Labute approximate surface area is 118 Å². The van der Waals surface area contributed by atoms with E-state index in [1.807, 2.05) is 30.3 Å². The van der Waals surface area contributed by atoms with Gasteiger partial charge in [0.05, 0.1) is 0 Å². The van der Waals surface area contributed by atoms with Gasteiger partial charge in [-0.05, 0) is 31.2 Å². The van der Waals surface area contributed by atoms with E-state index in [9.17, 15) is 4.39 Å². The van der Waals surface area contributed by atoms with Crippen molar-refractivity contribution in [3.63, 3.8) is 0 Å². The third-order valence-corrected chi connectivity index (χ3v) is 2.82. The maximum atomic E-state index is 13.7. The molecule has 3 nitrogen and oxygen atoms in total. The third-order valence-electron chi connectivity index (χ3n) is 2.82. The van der Waals surface area contributed by atoms with Crippen molar-refractivity contribution in [2.24, 2.45) is 5.73 Å². The molecule has 0 saturated carbocycles. The van der Waals surface area contributed by atoms with Gasteiger partial charge < -0.3 is 15.2 Å². The second-order valence-electron chi connectivity index (χ2n) is 4.45. The molecule has 0 unspecified atom stereocenters. The maximum Gasteiger partial charge on any atom is 0.131 e. The summed E-state index contributed by atoms with van der Waals surface area (Å²) in [6.45, 7) is 2.45. The topological polar surface area (TPSA) is 44.5 Å². The minimum Gasteiger partial charge on any atom is -0.490 e. The van der Waals surface area contributed by atoms with Crippen LogP contribution in [0.1, 0.15) is 18.5 Å². The number of ether oxygens (including phenoxy) is 2. The Kier molecular flexibility index (Phi) is 4.96. The molecule has 0 radical (unpaired) electrons. The summed E-state index contributed by atoms with van der Waals surface area (Å²) in [5.41, 5.74) is 6.15. The first kappa shape index (κ1) is 14.3. The van der Waals surface area contributed by atoms with Crippen molar-refractivity contribution in [2.45, 2.75) is 13.0 Å². The predicted octanol–water partition coefficient (Wildman–Crippen LogP) is 3.30. The van der Waals surface area contributed by atoms with Crippen LogP contribution in [0.5, 0.6) is 11.5 Å². The van der Waals surface area contributed by atoms with Crippen molar-refractivity contribution in [1.82, 2.24) is 0 Å². The Morgan fingerprint density at radius 2 is 1.70 bits per heavy atom. The molecule has 0 bridgehead atoms. The maximum absolute atomic E-state index is 13.7. The lowest BCUT2D eigenvalue weighted by Gasteiger charge is -2.15. The molecule has 0 saturated heterocycles. The van der Waals surface area contributed by atoms with Crippen molar-refractivity contribution >= 4 is 0 Å². The average molecular weight is 275 g/mol. The largest absolute Gasteiger partial charge is 0.490 e. The van der Waals surface area contributed by atoms with Crippen molar-refractivity contribution in [1.29, 1.82) is 0 Å². The van der Waals surface area contributed by atoms with E-state index >= 15 is 0 Å². The highest BCUT2D eigenvalue weighted by atomic mass is 19.1. The van der Waals surface area contributed by atoms with E-state index in [1.165, 1.54) is 6.07 Å². The van der Waals surface area contributed by atoms with Gasteiger partial charge >= 0.3 is 0 Å². The van der Waals surface area contributed by atoms with Gasteiger partial charge in [0, 0.05) is 11.6 Å². The van der Waals surface area contributed by atoms with Crippen LogP contribution in [0.15, 0.2) is 48.5 Å². The van der Waals surface area contributed by atoms with Gasteiger partial charge in [0.2, 0.25) is 0 Å². The molecule has 2 aromatic carbocycles. The van der Waals surface area contributed by atoms with E-state index in [1.54, 1.807) is 19.1 Å². The van der Waals surface area contributed by atoms with Crippen LogP contribution in [0, 0.1) is 5.82 Å². The van der Waals surface area contributed by atoms with Crippen molar-refractivity contribution in [3.05, 3.63) is 59.9 Å². The van der Waals surface area contributed by atoms with Gasteiger partial charge in [0.1, 0.15) is 30.5 Å². The first-order valence-corrected chi connectivity index (χ1v) is 6.53. The molecule has 0 heterocycles. The lowest BCUT2D eigenvalue weighted by atomic mass is 10.1. The zero-order valence-corrected chi connectivity index (χ0v) is 11.4. The summed E-state index contributed by atoms with van der Waals surface area (Å²) in [4.78, 5) is 0. The monoisotopic (exact) mass is 275 g/mol. The lowest BCUT2D eigenvalue weighted by Crippen LogP contribution is -2.14. The van der Waals surface area contributed by atoms with Crippen LogP contribution in [0.4, 0.5) is 4.39 Å². The summed E-state index contributed by atoms with van der Waals surface area (Å²) in [7, 11) is 0. The summed E-state index contributed by atoms with van der Waals surface area (Å²) in [6.07, 6.45) is 0. The Balaban J connectivity index is 1.90. The van der Waals surface area contributed by atoms with Gasteiger partial charge in [-0.3, -0.25) is 0 Å². The number of benzene rings is 2. The summed E-state index contributed by atoms with van der Waals surface area (Å²) >= 11 is 0. The zero-order valence-electron chi connectivity index (χ0n) is 11.4. The van der Waals surface area contributed by atoms with E-state index in [0.717, 1.165) is 5.75 Å². The molecule has 0 fully saturated rings. The molecule has 0 aliphatic carbocycles. The van der Waals surface area contributed by atoms with Crippen molar-refractivity contribution in [3.8, 4) is 11.5 Å². The average Bonchev–Trinajstić information content (AvgIpc) is 2.44. The Hall–Kier alpha value is -2.07. The van der Waals surface area contributed by atoms with Gasteiger partial charge in [-0.1, -0.05) is 24.3 Å². The molecule has 0 aliphatic heterocycles. The standard InChI is InChI=1S/C16H18FNO2/c1-12(18)16-14(17)8-5-9-15(16)20-11-10-19-13-6-3-2-4-7-13/h2-9,12H,10-11,18H2,1H3/t12-/m1/s1. The smallest absolute Gasteiger partial charge is 0.131 e. The molecule has 1 atom stereocenters. The van der Waals surface area contributed by atoms with E-state index < -0.39 is 6.04 Å². The molecule has 0 aromatic heterocycles. The second-order valence-corrected chi connectivity index (χ2v) is 4.45. The lowest BCUT2D eigenvalue weighted by molar-refractivity contribution is 0.214. The Morgan fingerprint density at radius 1 is 1.00 bits per heavy atom. The Morgan fingerprint density at radius 3 is 2.40 bits per heavy atom. The van der Waals surface area contributed by atoms with Crippen LogP contribution in [0.2, 0.25) is 0 Å². The Bertz CT molecular complexity index is 543. The predicted molar refractivity (Wildman–Crippen MR) is 76.4 cm³/mol. The van der Waals surface area contributed by atoms with Gasteiger partial charge in [-0.2, -0.15) is 0 Å². The summed E-state index contributed by atoms with van der Waals surface area (Å²) in [6, 6.07) is 13.7. The number of hydrogen-bond donors (Lipinski definition) is 1. The number of para-hydroxylation sites is 1. The number of rotatable bonds is 6. The fourth-order valence-electron chi connectivity index (χ4n) is 1.91. The fraction of sp³-hybridized carbons (Fsp3) is 0.250. The van der Waals surface area contributed by atoms with Crippen LogP contribution in [0.25, 0.3) is 0 Å². The third kappa shape index (κ3) is 3.71. The zero-order chi connectivity index (χ0) is 14.4. The molecule has 20 heavy (non-hydrogen) atoms. The van der Waals surface area contributed by atoms with Crippen LogP contribution in [-0.2, 0) is 0 Å². The quantitative estimate of drug-likeness (QED) is 0.823. The fourth-order valence-corrected chi connectivity index (χ4v) is 1.91. The minimum absolute atomic E-state index is 0.331. The van der Waals surface area contributed by atoms with Crippen LogP contribution in [0.3, 0.4) is 0 Å². The normalized spacial score (nSPS) is 11.9. The second kappa shape index (κ2) is 6.91. The molecule has 0 amide bonds. The highest BCUT2D eigenvalue weighted by molar-refractivity contribution is 5.36. The van der Waals surface area contributed by atoms with E-state index in [0.29, 0.717) is 24.5 Å². The highest BCUT2D eigenvalue weighted by Crippen LogP contribution is 2.26. The van der Waals surface area contributed by atoms with E-state index in [4.69, 9.17) is 15.2 Å². The first-order chi connectivity index (χ1) is 9.68. The summed E-state index contributed by atoms with van der Waals surface area (Å²) < 4.78 is 24.7. The van der Waals surface area contributed by atoms with Crippen molar-refractivity contribution < 1.29 is 13.9 Å². The highest BCUT2D eigenvalue weighted by Gasteiger charge is 2.13. The van der Waals surface area contributed by atoms with Crippen LogP contribution >= 0.6 is 0 Å². The molecular weight excluding hydrogens is 257 g/mol. The van der Waals surface area contributed by atoms with Gasteiger partial charge in [0.15, 0.2) is 0 Å². The number of halogens is 1. The molecule has 2 rings (SSSR count). The molecular formula is C16H18FNO2. The summed E-state index contributed by atoms with van der Waals surface area (Å²) in [5.74, 6) is 0.904.